The minimum atomic E-state index is -0.0172. The molecule has 0 aliphatic heterocycles. The fourth-order valence-electron chi connectivity index (χ4n) is 1.73. The smallest absolute Gasteiger partial charge is 0.103 e. The number of nitrogens with zero attached hydrogens (tertiary/aromatic N) is 1. The van der Waals surface area contributed by atoms with Gasteiger partial charge in [-0.15, -0.1) is 0 Å². The Balaban J connectivity index is 2.87. The van der Waals surface area contributed by atoms with E-state index >= 15 is 0 Å². The van der Waals surface area contributed by atoms with Crippen molar-refractivity contribution in [1.82, 2.24) is 0 Å². The molecule has 1 atom stereocenters. The number of aliphatic hydroxyl groups excluding tert-OH is 1. The first kappa shape index (κ1) is 14.0. The van der Waals surface area contributed by atoms with Crippen LogP contribution in [0.4, 0.5) is 5.69 Å². The number of aliphatic hydroxyl groups is 1. The summed E-state index contributed by atoms with van der Waals surface area (Å²) in [6.45, 7) is 4.28. The van der Waals surface area contributed by atoms with Crippen LogP contribution in [0.25, 0.3) is 0 Å². The van der Waals surface area contributed by atoms with Crippen molar-refractivity contribution in [3.05, 3.63) is 28.2 Å². The summed E-state index contributed by atoms with van der Waals surface area (Å²) in [6.07, 6.45) is 0.869. The van der Waals surface area contributed by atoms with Crippen LogP contribution in [0.15, 0.2) is 22.7 Å². The standard InChI is InChI=1S/C13H17BrN2O/c1-9(2)6-10(8-17)16-13-5-3-4-12(14)11(13)7-15/h3-5,9-10,16-17H,6,8H2,1-2H3. The Hall–Kier alpha value is -1.05. The molecule has 0 fully saturated rings. The quantitative estimate of drug-likeness (QED) is 0.878. The zero-order valence-corrected chi connectivity index (χ0v) is 11.7. The third kappa shape index (κ3) is 4.03. The van der Waals surface area contributed by atoms with Crippen molar-refractivity contribution < 1.29 is 5.11 Å². The van der Waals surface area contributed by atoms with Gasteiger partial charge in [0.25, 0.3) is 0 Å². The molecule has 0 spiro atoms. The number of halogens is 1. The number of rotatable bonds is 5. The van der Waals surface area contributed by atoms with E-state index in [0.29, 0.717) is 11.5 Å². The van der Waals surface area contributed by atoms with Crippen molar-refractivity contribution in [3.8, 4) is 6.07 Å². The fraction of sp³-hybridized carbons (Fsp3) is 0.462. The Morgan fingerprint density at radius 3 is 2.71 bits per heavy atom. The second kappa shape index (κ2) is 6.63. The molecule has 1 rings (SSSR count). The molecule has 0 aliphatic carbocycles. The monoisotopic (exact) mass is 296 g/mol. The second-order valence-corrected chi connectivity index (χ2v) is 5.28. The number of nitrogens with one attached hydrogen (secondary N) is 1. The minimum Gasteiger partial charge on any atom is -0.394 e. The molecule has 0 aliphatic rings. The molecule has 92 valence electrons. The van der Waals surface area contributed by atoms with Crippen LogP contribution in [0.5, 0.6) is 0 Å². The molecule has 3 nitrogen and oxygen atoms in total. The summed E-state index contributed by atoms with van der Waals surface area (Å²) >= 11 is 3.34. The van der Waals surface area contributed by atoms with Crippen LogP contribution in [-0.2, 0) is 0 Å². The van der Waals surface area contributed by atoms with Gasteiger partial charge in [-0.3, -0.25) is 0 Å². The van der Waals surface area contributed by atoms with Crippen LogP contribution < -0.4 is 5.32 Å². The van der Waals surface area contributed by atoms with Gasteiger partial charge in [0.15, 0.2) is 0 Å². The molecule has 0 saturated carbocycles. The third-order valence-corrected chi connectivity index (χ3v) is 3.12. The average Bonchev–Trinajstić information content (AvgIpc) is 2.28. The van der Waals surface area contributed by atoms with Gasteiger partial charge in [0.05, 0.1) is 17.9 Å². The largest absolute Gasteiger partial charge is 0.394 e. The number of anilines is 1. The summed E-state index contributed by atoms with van der Waals surface area (Å²) in [5.41, 5.74) is 1.34. The molecule has 2 N–H and O–H groups in total. The van der Waals surface area contributed by atoms with Crippen LogP contribution >= 0.6 is 15.9 Å². The van der Waals surface area contributed by atoms with E-state index in [4.69, 9.17) is 5.26 Å². The molecule has 0 heterocycles. The Labute approximate surface area is 111 Å². The van der Waals surface area contributed by atoms with E-state index in [1.165, 1.54) is 0 Å². The lowest BCUT2D eigenvalue weighted by atomic mass is 10.0. The molecule has 17 heavy (non-hydrogen) atoms. The molecule has 0 radical (unpaired) electrons. The van der Waals surface area contributed by atoms with E-state index in [1.807, 2.05) is 18.2 Å². The maximum Gasteiger partial charge on any atom is 0.103 e. The van der Waals surface area contributed by atoms with Gasteiger partial charge in [-0.25, -0.2) is 0 Å². The fourth-order valence-corrected chi connectivity index (χ4v) is 2.18. The number of benzene rings is 1. The van der Waals surface area contributed by atoms with Gasteiger partial charge >= 0.3 is 0 Å². The van der Waals surface area contributed by atoms with E-state index in [0.717, 1.165) is 16.6 Å². The predicted octanol–water partition coefficient (Wildman–Crippen LogP) is 3.14. The molecule has 1 aromatic carbocycles. The highest BCUT2D eigenvalue weighted by atomic mass is 79.9. The van der Waals surface area contributed by atoms with Gasteiger partial charge in [0, 0.05) is 10.5 Å². The van der Waals surface area contributed by atoms with Crippen molar-refractivity contribution in [2.75, 3.05) is 11.9 Å². The van der Waals surface area contributed by atoms with Crippen molar-refractivity contribution in [2.24, 2.45) is 5.92 Å². The average molecular weight is 297 g/mol. The van der Waals surface area contributed by atoms with Crippen LogP contribution in [0.1, 0.15) is 25.8 Å². The Morgan fingerprint density at radius 1 is 1.47 bits per heavy atom. The SMILES string of the molecule is CC(C)CC(CO)Nc1cccc(Br)c1C#N. The molecule has 0 aromatic heterocycles. The van der Waals surface area contributed by atoms with E-state index in [-0.39, 0.29) is 12.6 Å². The highest BCUT2D eigenvalue weighted by Gasteiger charge is 2.12. The Bertz CT molecular complexity index is 412. The zero-order chi connectivity index (χ0) is 12.8. The maximum absolute atomic E-state index is 9.31. The summed E-state index contributed by atoms with van der Waals surface area (Å²) in [4.78, 5) is 0. The van der Waals surface area contributed by atoms with Crippen molar-refractivity contribution in [2.45, 2.75) is 26.3 Å². The van der Waals surface area contributed by atoms with Gasteiger partial charge in [0.2, 0.25) is 0 Å². The van der Waals surface area contributed by atoms with Crippen LogP contribution in [-0.4, -0.2) is 17.8 Å². The summed E-state index contributed by atoms with van der Waals surface area (Å²) < 4.78 is 0.770. The zero-order valence-electron chi connectivity index (χ0n) is 10.1. The topological polar surface area (TPSA) is 56.0 Å². The van der Waals surface area contributed by atoms with Crippen LogP contribution in [0.2, 0.25) is 0 Å². The highest BCUT2D eigenvalue weighted by Crippen LogP contribution is 2.25. The predicted molar refractivity (Wildman–Crippen MR) is 72.8 cm³/mol. The summed E-state index contributed by atoms with van der Waals surface area (Å²) in [7, 11) is 0. The van der Waals surface area contributed by atoms with Crippen molar-refractivity contribution in [1.29, 1.82) is 5.26 Å². The van der Waals surface area contributed by atoms with Crippen LogP contribution in [0.3, 0.4) is 0 Å². The van der Waals surface area contributed by atoms with Gasteiger partial charge in [-0.1, -0.05) is 19.9 Å². The summed E-state index contributed by atoms with van der Waals surface area (Å²) in [5, 5.41) is 21.6. The van der Waals surface area contributed by atoms with E-state index < -0.39 is 0 Å². The lowest BCUT2D eigenvalue weighted by Crippen LogP contribution is -2.26. The van der Waals surface area contributed by atoms with E-state index in [9.17, 15) is 5.11 Å². The summed E-state index contributed by atoms with van der Waals surface area (Å²) in [5.74, 6) is 0.498. The molecule has 1 aromatic rings. The molecule has 1 unspecified atom stereocenters. The first-order valence-electron chi connectivity index (χ1n) is 5.64. The normalized spacial score (nSPS) is 12.2. The highest BCUT2D eigenvalue weighted by molar-refractivity contribution is 9.10. The lowest BCUT2D eigenvalue weighted by Gasteiger charge is -2.20. The first-order chi connectivity index (χ1) is 8.08. The van der Waals surface area contributed by atoms with Gasteiger partial charge in [-0.2, -0.15) is 5.26 Å². The Morgan fingerprint density at radius 2 is 2.18 bits per heavy atom. The second-order valence-electron chi connectivity index (χ2n) is 4.43. The molecule has 4 heteroatoms. The molecular weight excluding hydrogens is 280 g/mol. The lowest BCUT2D eigenvalue weighted by molar-refractivity contribution is 0.259. The van der Waals surface area contributed by atoms with Crippen molar-refractivity contribution in [3.63, 3.8) is 0 Å². The maximum atomic E-state index is 9.31. The number of hydrogen-bond donors (Lipinski definition) is 2. The number of hydrogen-bond acceptors (Lipinski definition) is 3. The van der Waals surface area contributed by atoms with Crippen molar-refractivity contribution >= 4 is 21.6 Å². The summed E-state index contributed by atoms with van der Waals surface area (Å²) in [6, 6.07) is 7.70. The van der Waals surface area contributed by atoms with E-state index in [2.05, 4.69) is 41.2 Å². The van der Waals surface area contributed by atoms with Gasteiger partial charge in [0.1, 0.15) is 6.07 Å². The molecule has 0 saturated heterocycles. The minimum absolute atomic E-state index is 0.0172. The van der Waals surface area contributed by atoms with Gasteiger partial charge < -0.3 is 10.4 Å². The molecule has 0 bridgehead atoms. The first-order valence-corrected chi connectivity index (χ1v) is 6.43. The van der Waals surface area contributed by atoms with Crippen LogP contribution in [0, 0.1) is 17.2 Å². The molecule has 0 amide bonds. The van der Waals surface area contributed by atoms with E-state index in [1.54, 1.807) is 0 Å². The third-order valence-electron chi connectivity index (χ3n) is 2.46. The molecular formula is C13H17BrN2O. The van der Waals surface area contributed by atoms with Gasteiger partial charge in [-0.05, 0) is 40.4 Å². The number of nitriles is 1. The Kier molecular flexibility index (Phi) is 5.46.